The highest BCUT2D eigenvalue weighted by Gasteiger charge is 2.13. The Bertz CT molecular complexity index is 1250. The van der Waals surface area contributed by atoms with Crippen molar-refractivity contribution in [2.45, 2.75) is 0 Å². The van der Waals surface area contributed by atoms with Crippen LogP contribution in [0.15, 0.2) is 65.3 Å². The first kappa shape index (κ1) is 20.5. The molecule has 0 unspecified atom stereocenters. The van der Waals surface area contributed by atoms with Crippen LogP contribution >= 0.6 is 23.6 Å². The van der Waals surface area contributed by atoms with Gasteiger partial charge in [-0.1, -0.05) is 11.3 Å². The Morgan fingerprint density at radius 3 is 2.58 bits per heavy atom. The Hall–Kier alpha value is -3.76. The number of nitrogens with zero attached hydrogens (tertiary/aromatic N) is 1. The summed E-state index contributed by atoms with van der Waals surface area (Å²) >= 11 is 6.56. The molecule has 0 spiro atoms. The molecular weight excluding hydrogens is 436 g/mol. The van der Waals surface area contributed by atoms with Crippen LogP contribution in [0.3, 0.4) is 0 Å². The summed E-state index contributed by atoms with van der Waals surface area (Å²) in [5.41, 5.74) is 1.86. The Kier molecular flexibility index (Phi) is 5.92. The van der Waals surface area contributed by atoms with Crippen molar-refractivity contribution >= 4 is 61.5 Å². The topological polar surface area (TPSA) is 105 Å². The number of carbonyl (C=O) groups excluding carboxylic acids is 2. The Labute approximate surface area is 186 Å². The molecule has 0 aliphatic rings. The molecule has 2 heterocycles. The van der Waals surface area contributed by atoms with Crippen LogP contribution in [0.5, 0.6) is 5.75 Å². The number of benzene rings is 2. The zero-order chi connectivity index (χ0) is 21.8. The summed E-state index contributed by atoms with van der Waals surface area (Å²) < 4.78 is 11.0. The third-order valence-corrected chi connectivity index (χ3v) is 5.33. The smallest absolute Gasteiger partial charge is 0.293 e. The van der Waals surface area contributed by atoms with E-state index < -0.39 is 0 Å². The summed E-state index contributed by atoms with van der Waals surface area (Å²) in [6, 6.07) is 15.3. The molecule has 3 N–H and O–H groups in total. The van der Waals surface area contributed by atoms with Crippen LogP contribution in [0.1, 0.15) is 20.9 Å². The van der Waals surface area contributed by atoms with Crippen LogP contribution in [0.25, 0.3) is 10.2 Å². The standard InChI is InChI=1S/C21H16N4O4S2/c1-28-14-7-4-12(5-8-14)18(26)24-20(30)22-13-6-9-15-17(11-13)31-21(23-15)25-19(27)16-3-2-10-29-16/h2-11H,1H3,(H,23,25,27)(H2,22,24,26,30). The molecule has 10 heteroatoms. The maximum Gasteiger partial charge on any atom is 0.293 e. The number of rotatable bonds is 5. The van der Waals surface area contributed by atoms with E-state index in [0.29, 0.717) is 22.1 Å². The second-order valence-corrected chi connectivity index (χ2v) is 7.71. The first-order valence-corrected chi connectivity index (χ1v) is 10.3. The number of nitrogens with one attached hydrogen (secondary N) is 3. The second kappa shape index (κ2) is 8.94. The average molecular weight is 453 g/mol. The van der Waals surface area contributed by atoms with Crippen molar-refractivity contribution in [1.82, 2.24) is 10.3 Å². The molecule has 0 aliphatic heterocycles. The van der Waals surface area contributed by atoms with E-state index in [0.717, 1.165) is 10.2 Å². The SMILES string of the molecule is COc1ccc(C(=O)NC(=S)Nc2ccc3nc(NC(=O)c4ccco4)sc3c2)cc1. The number of hydrogen-bond donors (Lipinski definition) is 3. The van der Waals surface area contributed by atoms with Crippen molar-refractivity contribution in [2.24, 2.45) is 0 Å². The number of anilines is 2. The summed E-state index contributed by atoms with van der Waals surface area (Å²) in [6.07, 6.45) is 1.43. The van der Waals surface area contributed by atoms with E-state index in [-0.39, 0.29) is 22.7 Å². The fourth-order valence-electron chi connectivity index (χ4n) is 2.70. The Morgan fingerprint density at radius 1 is 1.06 bits per heavy atom. The van der Waals surface area contributed by atoms with Gasteiger partial charge in [0.05, 0.1) is 23.6 Å². The normalized spacial score (nSPS) is 10.5. The van der Waals surface area contributed by atoms with Crippen molar-refractivity contribution in [1.29, 1.82) is 0 Å². The van der Waals surface area contributed by atoms with Gasteiger partial charge in [0.1, 0.15) is 5.75 Å². The quantitative estimate of drug-likeness (QED) is 0.388. The van der Waals surface area contributed by atoms with Crippen molar-refractivity contribution in [2.75, 3.05) is 17.7 Å². The van der Waals surface area contributed by atoms with E-state index in [4.69, 9.17) is 21.4 Å². The van der Waals surface area contributed by atoms with Crippen LogP contribution in [0, 0.1) is 0 Å². The average Bonchev–Trinajstić information content (AvgIpc) is 3.43. The highest BCUT2D eigenvalue weighted by Crippen LogP contribution is 2.28. The fourth-order valence-corrected chi connectivity index (χ4v) is 3.81. The molecule has 0 bridgehead atoms. The molecule has 8 nitrogen and oxygen atoms in total. The number of methoxy groups -OCH3 is 1. The number of hydrogen-bond acceptors (Lipinski definition) is 7. The Morgan fingerprint density at radius 2 is 1.87 bits per heavy atom. The summed E-state index contributed by atoms with van der Waals surface area (Å²) in [7, 11) is 1.56. The molecule has 2 amide bonds. The van der Waals surface area contributed by atoms with Gasteiger partial charge in [0, 0.05) is 11.3 Å². The summed E-state index contributed by atoms with van der Waals surface area (Å²) in [6.45, 7) is 0. The van der Waals surface area contributed by atoms with Gasteiger partial charge in [-0.05, 0) is 66.8 Å². The number of fused-ring (bicyclic) bond motifs is 1. The number of amides is 2. The van der Waals surface area contributed by atoms with Gasteiger partial charge in [0.2, 0.25) is 0 Å². The molecule has 0 saturated carbocycles. The van der Waals surface area contributed by atoms with E-state index in [9.17, 15) is 9.59 Å². The predicted octanol–water partition coefficient (Wildman–Crippen LogP) is 4.28. The minimum atomic E-state index is -0.371. The van der Waals surface area contributed by atoms with Gasteiger partial charge in [-0.15, -0.1) is 0 Å². The lowest BCUT2D eigenvalue weighted by Gasteiger charge is -2.10. The van der Waals surface area contributed by atoms with Gasteiger partial charge in [-0.3, -0.25) is 20.2 Å². The minimum absolute atomic E-state index is 0.163. The minimum Gasteiger partial charge on any atom is -0.497 e. The third-order valence-electron chi connectivity index (χ3n) is 4.19. The van der Waals surface area contributed by atoms with Crippen molar-refractivity contribution in [3.05, 3.63) is 72.2 Å². The number of furan rings is 1. The van der Waals surface area contributed by atoms with E-state index in [2.05, 4.69) is 20.9 Å². The summed E-state index contributed by atoms with van der Waals surface area (Å²) in [5.74, 6) is 0.168. The van der Waals surface area contributed by atoms with Crippen LogP contribution < -0.4 is 20.7 Å². The molecule has 31 heavy (non-hydrogen) atoms. The van der Waals surface area contributed by atoms with E-state index in [1.807, 2.05) is 6.07 Å². The number of carbonyl (C=O) groups is 2. The van der Waals surface area contributed by atoms with E-state index in [1.54, 1.807) is 55.6 Å². The van der Waals surface area contributed by atoms with Crippen LogP contribution in [-0.2, 0) is 0 Å². The first-order valence-electron chi connectivity index (χ1n) is 9.03. The molecule has 4 rings (SSSR count). The fraction of sp³-hybridized carbons (Fsp3) is 0.0476. The number of aromatic nitrogens is 1. The molecule has 4 aromatic rings. The maximum absolute atomic E-state index is 12.3. The third kappa shape index (κ3) is 4.87. The number of ether oxygens (including phenoxy) is 1. The molecule has 2 aromatic carbocycles. The monoisotopic (exact) mass is 452 g/mol. The molecule has 2 aromatic heterocycles. The predicted molar refractivity (Wildman–Crippen MR) is 123 cm³/mol. The van der Waals surface area contributed by atoms with Crippen LogP contribution in [-0.4, -0.2) is 29.0 Å². The molecule has 0 aliphatic carbocycles. The maximum atomic E-state index is 12.3. The zero-order valence-electron chi connectivity index (χ0n) is 16.2. The lowest BCUT2D eigenvalue weighted by atomic mass is 10.2. The van der Waals surface area contributed by atoms with Crippen molar-refractivity contribution < 1.29 is 18.7 Å². The van der Waals surface area contributed by atoms with Crippen molar-refractivity contribution in [3.8, 4) is 5.75 Å². The highest BCUT2D eigenvalue weighted by molar-refractivity contribution is 7.80. The van der Waals surface area contributed by atoms with Gasteiger partial charge in [0.15, 0.2) is 16.0 Å². The van der Waals surface area contributed by atoms with E-state index in [1.165, 1.54) is 17.6 Å². The summed E-state index contributed by atoms with van der Waals surface area (Å²) in [4.78, 5) is 28.8. The van der Waals surface area contributed by atoms with Gasteiger partial charge in [-0.2, -0.15) is 0 Å². The lowest BCUT2D eigenvalue weighted by Crippen LogP contribution is -2.34. The number of thiocarbonyl (C=S) groups is 1. The molecule has 0 atom stereocenters. The Balaban J connectivity index is 1.40. The first-order chi connectivity index (χ1) is 15.0. The molecule has 156 valence electrons. The number of thiazole rings is 1. The largest absolute Gasteiger partial charge is 0.497 e. The van der Waals surface area contributed by atoms with Gasteiger partial charge < -0.3 is 14.5 Å². The zero-order valence-corrected chi connectivity index (χ0v) is 17.8. The summed E-state index contributed by atoms with van der Waals surface area (Å²) in [5, 5.41) is 8.94. The van der Waals surface area contributed by atoms with Gasteiger partial charge in [-0.25, -0.2) is 4.98 Å². The van der Waals surface area contributed by atoms with Crippen LogP contribution in [0.2, 0.25) is 0 Å². The van der Waals surface area contributed by atoms with Crippen LogP contribution in [0.4, 0.5) is 10.8 Å². The van der Waals surface area contributed by atoms with E-state index >= 15 is 0 Å². The van der Waals surface area contributed by atoms with Gasteiger partial charge in [0.25, 0.3) is 11.8 Å². The lowest BCUT2D eigenvalue weighted by molar-refractivity contribution is 0.0975. The van der Waals surface area contributed by atoms with Gasteiger partial charge >= 0.3 is 0 Å². The molecular formula is C21H16N4O4S2. The van der Waals surface area contributed by atoms with Crippen molar-refractivity contribution in [3.63, 3.8) is 0 Å². The highest BCUT2D eigenvalue weighted by atomic mass is 32.1. The molecule has 0 fully saturated rings. The molecule has 0 radical (unpaired) electrons. The second-order valence-electron chi connectivity index (χ2n) is 6.27. The molecule has 0 saturated heterocycles.